The van der Waals surface area contributed by atoms with Crippen LogP contribution in [0.2, 0.25) is 0 Å². The van der Waals surface area contributed by atoms with Crippen molar-refractivity contribution in [3.63, 3.8) is 0 Å². The van der Waals surface area contributed by atoms with Gasteiger partial charge in [-0.1, -0.05) is 36.2 Å². The largest absolute Gasteiger partial charge is 3.00 e. The van der Waals surface area contributed by atoms with Gasteiger partial charge < -0.3 is 18.6 Å². The number of benzene rings is 3. The molecule has 0 amide bonds. The number of hydrogen-bond donors (Lipinski definition) is 0. The minimum atomic E-state index is 0. The van der Waals surface area contributed by atoms with Gasteiger partial charge in [0, 0.05) is 0 Å². The van der Waals surface area contributed by atoms with Crippen LogP contribution in [0.1, 0.15) is 19.5 Å². The molecule has 0 saturated heterocycles. The number of pyridine rings is 1. The molecule has 3 aromatic carbocycles. The Hall–Kier alpha value is -4.32. The average Bonchev–Trinajstić information content (AvgIpc) is 3.69. The van der Waals surface area contributed by atoms with Crippen molar-refractivity contribution < 1.29 is 33.7 Å². The van der Waals surface area contributed by atoms with E-state index in [1.807, 2.05) is 98.8 Å². The van der Waals surface area contributed by atoms with Crippen LogP contribution in [-0.4, -0.2) is 21.6 Å². The minimum absolute atomic E-state index is 0. The maximum absolute atomic E-state index is 5.51. The first-order valence-electron chi connectivity index (χ1n) is 12.7. The Labute approximate surface area is 247 Å². The second kappa shape index (κ2) is 14.2. The van der Waals surface area contributed by atoms with E-state index in [0.717, 1.165) is 45.8 Å². The van der Waals surface area contributed by atoms with Crippen molar-refractivity contribution in [2.75, 3.05) is 6.61 Å². The average molecular weight is 705 g/mol. The summed E-state index contributed by atoms with van der Waals surface area (Å²) in [6.45, 7) is 4.46. The van der Waals surface area contributed by atoms with Crippen molar-refractivity contribution in [1.29, 1.82) is 0 Å². The van der Waals surface area contributed by atoms with Gasteiger partial charge in [0.1, 0.15) is 12.5 Å². The van der Waals surface area contributed by atoms with Crippen LogP contribution in [0.3, 0.4) is 0 Å². The molecule has 0 unspecified atom stereocenters. The number of oxazole rings is 2. The van der Waals surface area contributed by atoms with E-state index in [2.05, 4.69) is 33.2 Å². The minimum Gasteiger partial charge on any atom is -0.480 e. The van der Waals surface area contributed by atoms with Crippen molar-refractivity contribution in [1.82, 2.24) is 15.0 Å². The van der Waals surface area contributed by atoms with Gasteiger partial charge in [0.15, 0.2) is 11.8 Å². The topological polar surface area (TPSA) is 74.2 Å². The van der Waals surface area contributed by atoms with Crippen LogP contribution >= 0.6 is 0 Å². The smallest absolute Gasteiger partial charge is 0.480 e. The zero-order chi connectivity index (χ0) is 26.9. The van der Waals surface area contributed by atoms with Gasteiger partial charge in [-0.05, 0) is 24.7 Å². The standard InChI is InChI=1S/C17H11N.C16H15N2O3.Ir/c1-3-8-14(9-4-1)16-12-7-13-17(18-16)15-10-5-2-6-11-15;1-3-13-10-20-16(18-13)12-7-5-6-11(8-12)15-17-9-14(21-15)19-4-2;/h1-8,10,12-13H;5-7,9-10H,3-4H2,1-2H3;/q-2;-1;+3. The first-order chi connectivity index (χ1) is 19.2. The molecule has 3 heterocycles. The number of aromatic nitrogens is 3. The number of aryl methyl sites for hydroxylation is 1. The molecule has 0 fully saturated rings. The molecule has 0 radical (unpaired) electrons. The fourth-order valence-electron chi connectivity index (χ4n) is 3.74. The SMILES string of the molecule is CCOc1cnc(-c2[c-]c(-c3nc(CC)co3)ccc2)o1.[Ir+3].[c-]1ccccc1-c1cccc(-c2[c-]cccc2)n1. The molecule has 7 heteroatoms. The summed E-state index contributed by atoms with van der Waals surface area (Å²) in [5, 5.41) is 0. The Morgan fingerprint density at radius 1 is 0.725 bits per heavy atom. The molecule has 3 aromatic heterocycles. The van der Waals surface area contributed by atoms with E-state index < -0.39 is 0 Å². The summed E-state index contributed by atoms with van der Waals surface area (Å²) in [6.07, 6.45) is 4.05. The van der Waals surface area contributed by atoms with E-state index in [4.69, 9.17) is 13.6 Å². The quantitative estimate of drug-likeness (QED) is 0.158. The van der Waals surface area contributed by atoms with Crippen LogP contribution < -0.4 is 4.74 Å². The van der Waals surface area contributed by atoms with Crippen LogP contribution in [0.25, 0.3) is 45.4 Å². The van der Waals surface area contributed by atoms with E-state index in [1.165, 1.54) is 0 Å². The van der Waals surface area contributed by atoms with Gasteiger partial charge in [0.2, 0.25) is 0 Å². The van der Waals surface area contributed by atoms with Gasteiger partial charge in [0.25, 0.3) is 5.95 Å². The first kappa shape index (κ1) is 28.7. The van der Waals surface area contributed by atoms with Gasteiger partial charge in [-0.3, -0.25) is 9.97 Å². The van der Waals surface area contributed by atoms with E-state index >= 15 is 0 Å². The third kappa shape index (κ3) is 7.20. The molecular weight excluding hydrogens is 679 g/mol. The van der Waals surface area contributed by atoms with Crippen LogP contribution in [0, 0.1) is 18.2 Å². The predicted octanol–water partition coefficient (Wildman–Crippen LogP) is 7.77. The Balaban J connectivity index is 0.000000182. The zero-order valence-corrected chi connectivity index (χ0v) is 24.4. The normalized spacial score (nSPS) is 10.2. The number of hydrogen-bond acceptors (Lipinski definition) is 6. The molecule has 0 atom stereocenters. The van der Waals surface area contributed by atoms with Crippen molar-refractivity contribution in [3.05, 3.63) is 121 Å². The molecule has 40 heavy (non-hydrogen) atoms. The van der Waals surface area contributed by atoms with E-state index in [1.54, 1.807) is 12.5 Å². The molecule has 0 bridgehead atoms. The Morgan fingerprint density at radius 2 is 1.35 bits per heavy atom. The predicted molar refractivity (Wildman–Crippen MR) is 150 cm³/mol. The van der Waals surface area contributed by atoms with Crippen molar-refractivity contribution in [2.45, 2.75) is 20.3 Å². The first-order valence-corrected chi connectivity index (χ1v) is 12.7. The zero-order valence-electron chi connectivity index (χ0n) is 22.1. The molecular formula is C33H26IrN3O3. The van der Waals surface area contributed by atoms with Crippen LogP contribution in [0.15, 0.2) is 106 Å². The Bertz CT molecular complexity index is 1560. The fourth-order valence-corrected chi connectivity index (χ4v) is 3.74. The second-order valence-electron chi connectivity index (χ2n) is 8.35. The Kier molecular flexibility index (Phi) is 10.2. The third-order valence-corrected chi connectivity index (χ3v) is 5.66. The molecule has 0 saturated carbocycles. The summed E-state index contributed by atoms with van der Waals surface area (Å²) in [5.74, 6) is 1.41. The summed E-state index contributed by atoms with van der Waals surface area (Å²) in [5.41, 5.74) is 6.30. The van der Waals surface area contributed by atoms with Gasteiger partial charge in [-0.25, -0.2) is 0 Å². The maximum atomic E-state index is 5.51. The second-order valence-corrected chi connectivity index (χ2v) is 8.35. The Morgan fingerprint density at radius 3 is 1.93 bits per heavy atom. The number of ether oxygens (including phenoxy) is 1. The summed E-state index contributed by atoms with van der Waals surface area (Å²) >= 11 is 0. The molecule has 200 valence electrons. The summed E-state index contributed by atoms with van der Waals surface area (Å²) < 4.78 is 16.2. The third-order valence-electron chi connectivity index (χ3n) is 5.66. The van der Waals surface area contributed by atoms with Crippen LogP contribution in [0.5, 0.6) is 5.95 Å². The summed E-state index contributed by atoms with van der Waals surface area (Å²) in [6, 6.07) is 37.0. The molecule has 6 rings (SSSR count). The number of rotatable bonds is 7. The van der Waals surface area contributed by atoms with E-state index in [9.17, 15) is 0 Å². The molecule has 0 N–H and O–H groups in total. The molecule has 0 aliphatic heterocycles. The molecule has 0 aliphatic carbocycles. The number of nitrogens with zero attached hydrogens (tertiary/aromatic N) is 3. The molecule has 0 aliphatic rings. The maximum Gasteiger partial charge on any atom is 3.00 e. The van der Waals surface area contributed by atoms with Gasteiger partial charge in [-0.2, -0.15) is 0 Å². The van der Waals surface area contributed by atoms with E-state index in [0.29, 0.717) is 24.3 Å². The molecule has 6 aromatic rings. The van der Waals surface area contributed by atoms with Crippen LogP contribution in [0.4, 0.5) is 0 Å². The van der Waals surface area contributed by atoms with Crippen molar-refractivity contribution in [2.24, 2.45) is 0 Å². The molecule has 0 spiro atoms. The van der Waals surface area contributed by atoms with Crippen LogP contribution in [-0.2, 0) is 26.5 Å². The monoisotopic (exact) mass is 705 g/mol. The van der Waals surface area contributed by atoms with Gasteiger partial charge >= 0.3 is 20.1 Å². The fraction of sp³-hybridized carbons (Fsp3) is 0.121. The summed E-state index contributed by atoms with van der Waals surface area (Å²) in [7, 11) is 0. The van der Waals surface area contributed by atoms with Gasteiger partial charge in [-0.15, -0.1) is 96.1 Å². The van der Waals surface area contributed by atoms with Crippen molar-refractivity contribution >= 4 is 0 Å². The summed E-state index contributed by atoms with van der Waals surface area (Å²) in [4.78, 5) is 13.2. The molecule has 6 nitrogen and oxygen atoms in total. The van der Waals surface area contributed by atoms with Crippen molar-refractivity contribution in [3.8, 4) is 51.4 Å². The van der Waals surface area contributed by atoms with Gasteiger partial charge in [0.05, 0.1) is 12.3 Å². The van der Waals surface area contributed by atoms with E-state index in [-0.39, 0.29) is 20.1 Å².